The number of nitrogen functional groups attached to an aromatic ring is 1. The van der Waals surface area contributed by atoms with E-state index in [1.54, 1.807) is 19.4 Å². The Labute approximate surface area is 83.0 Å². The minimum Gasteiger partial charge on any atom is -0.382 e. The number of hydrogen-bond donors (Lipinski definition) is 2. The Morgan fingerprint density at radius 2 is 2.38 bits per heavy atom. The highest BCUT2D eigenvalue weighted by Gasteiger charge is 2.04. The Kier molecular flexibility index (Phi) is 5.03. The van der Waals surface area contributed by atoms with Crippen LogP contribution in [-0.2, 0) is 11.3 Å². The number of methoxy groups -OCH3 is 1. The van der Waals surface area contributed by atoms with E-state index in [2.05, 4.69) is 4.98 Å². The zero-order valence-corrected chi connectivity index (χ0v) is 8.10. The van der Waals surface area contributed by atoms with Crippen LogP contribution in [0.5, 0.6) is 0 Å². The number of amidine groups is 1. The number of hydrogen-bond acceptors (Lipinski definition) is 3. The lowest BCUT2D eigenvalue weighted by Crippen LogP contribution is -2.16. The second-order valence-corrected chi connectivity index (χ2v) is 2.36. The molecule has 1 heterocycles. The van der Waals surface area contributed by atoms with E-state index in [0.29, 0.717) is 12.3 Å². The number of halogens is 1. The third-order valence-corrected chi connectivity index (χ3v) is 1.45. The molecule has 0 saturated heterocycles. The van der Waals surface area contributed by atoms with Crippen LogP contribution in [0, 0.1) is 5.41 Å². The molecule has 0 atom stereocenters. The molecule has 0 saturated carbocycles. The fourth-order valence-corrected chi connectivity index (χ4v) is 0.953. The van der Waals surface area contributed by atoms with Crippen LogP contribution in [0.15, 0.2) is 18.3 Å². The molecule has 13 heavy (non-hydrogen) atoms. The third kappa shape index (κ3) is 3.01. The molecule has 0 aliphatic carbocycles. The number of ether oxygens (including phenoxy) is 1. The van der Waals surface area contributed by atoms with E-state index < -0.39 is 0 Å². The molecule has 0 amide bonds. The van der Waals surface area contributed by atoms with Gasteiger partial charge in [-0.1, -0.05) is 6.07 Å². The first-order valence-electron chi connectivity index (χ1n) is 3.53. The van der Waals surface area contributed by atoms with Crippen molar-refractivity contribution in [2.24, 2.45) is 5.73 Å². The molecule has 0 radical (unpaired) electrons. The van der Waals surface area contributed by atoms with E-state index in [4.69, 9.17) is 15.9 Å². The lowest BCUT2D eigenvalue weighted by Gasteiger charge is -2.04. The summed E-state index contributed by atoms with van der Waals surface area (Å²) < 4.78 is 4.93. The highest BCUT2D eigenvalue weighted by molar-refractivity contribution is 5.94. The molecule has 0 unspecified atom stereocenters. The fourth-order valence-electron chi connectivity index (χ4n) is 0.953. The summed E-state index contributed by atoms with van der Waals surface area (Å²) in [5.74, 6) is -0.0253. The predicted octanol–water partition coefficient (Wildman–Crippen LogP) is 0.934. The van der Waals surface area contributed by atoms with Crippen LogP contribution < -0.4 is 5.73 Å². The van der Waals surface area contributed by atoms with Crippen molar-refractivity contribution in [3.8, 4) is 0 Å². The molecule has 0 aliphatic rings. The first kappa shape index (κ1) is 11.9. The molecular formula is C8H12ClN3O. The van der Waals surface area contributed by atoms with Gasteiger partial charge in [0.15, 0.2) is 0 Å². The fraction of sp³-hybridized carbons (Fsp3) is 0.250. The zero-order valence-electron chi connectivity index (χ0n) is 7.28. The summed E-state index contributed by atoms with van der Waals surface area (Å²) >= 11 is 0. The predicted molar refractivity (Wildman–Crippen MR) is 53.2 cm³/mol. The minimum atomic E-state index is -0.0253. The number of nitrogens with one attached hydrogen (secondary N) is 1. The van der Waals surface area contributed by atoms with Gasteiger partial charge in [-0.25, -0.2) is 0 Å². The van der Waals surface area contributed by atoms with E-state index in [0.717, 1.165) is 5.56 Å². The van der Waals surface area contributed by atoms with Crippen LogP contribution >= 0.6 is 12.4 Å². The molecule has 72 valence electrons. The van der Waals surface area contributed by atoms with Gasteiger partial charge in [-0.05, 0) is 6.07 Å². The summed E-state index contributed by atoms with van der Waals surface area (Å²) in [5, 5.41) is 7.21. The number of pyridine rings is 1. The van der Waals surface area contributed by atoms with Gasteiger partial charge >= 0.3 is 0 Å². The summed E-state index contributed by atoms with van der Waals surface area (Å²) in [6, 6.07) is 3.63. The molecule has 1 rings (SSSR count). The highest BCUT2D eigenvalue weighted by Crippen LogP contribution is 2.04. The first-order chi connectivity index (χ1) is 5.75. The van der Waals surface area contributed by atoms with Crippen LogP contribution in [0.3, 0.4) is 0 Å². The largest absolute Gasteiger partial charge is 0.382 e. The normalized spacial score (nSPS) is 9.00. The van der Waals surface area contributed by atoms with Gasteiger partial charge in [0.25, 0.3) is 0 Å². The molecule has 1 aromatic heterocycles. The molecule has 0 aliphatic heterocycles. The van der Waals surface area contributed by atoms with Gasteiger partial charge in [-0.3, -0.25) is 10.4 Å². The van der Waals surface area contributed by atoms with Crippen molar-refractivity contribution in [2.75, 3.05) is 7.11 Å². The Hall–Kier alpha value is -1.13. The second kappa shape index (κ2) is 5.50. The van der Waals surface area contributed by atoms with Crippen molar-refractivity contribution in [1.82, 2.24) is 4.98 Å². The summed E-state index contributed by atoms with van der Waals surface area (Å²) in [4.78, 5) is 3.97. The molecule has 0 aromatic carbocycles. The van der Waals surface area contributed by atoms with Gasteiger partial charge < -0.3 is 10.5 Å². The monoisotopic (exact) mass is 201 g/mol. The van der Waals surface area contributed by atoms with Crippen molar-refractivity contribution in [1.29, 1.82) is 5.41 Å². The first-order valence-corrected chi connectivity index (χ1v) is 3.53. The average molecular weight is 202 g/mol. The van der Waals surface area contributed by atoms with Crippen LogP contribution in [0.2, 0.25) is 0 Å². The van der Waals surface area contributed by atoms with Gasteiger partial charge in [-0.2, -0.15) is 0 Å². The molecule has 0 spiro atoms. The molecule has 0 fully saturated rings. The van der Waals surface area contributed by atoms with E-state index in [1.807, 2.05) is 6.07 Å². The maximum Gasteiger partial charge on any atom is 0.142 e. The minimum absolute atomic E-state index is 0. The Bertz CT molecular complexity index is 290. The molecule has 1 aromatic rings. The van der Waals surface area contributed by atoms with Crippen LogP contribution in [0.25, 0.3) is 0 Å². The van der Waals surface area contributed by atoms with Crippen molar-refractivity contribution in [3.63, 3.8) is 0 Å². The highest BCUT2D eigenvalue weighted by atomic mass is 35.5. The summed E-state index contributed by atoms with van der Waals surface area (Å²) in [5.41, 5.74) is 6.65. The summed E-state index contributed by atoms with van der Waals surface area (Å²) in [6.07, 6.45) is 1.61. The van der Waals surface area contributed by atoms with Crippen LogP contribution in [0.4, 0.5) is 0 Å². The van der Waals surface area contributed by atoms with Crippen molar-refractivity contribution >= 4 is 18.2 Å². The molecule has 0 bridgehead atoms. The maximum absolute atomic E-state index is 7.21. The van der Waals surface area contributed by atoms with E-state index in [-0.39, 0.29) is 18.2 Å². The maximum atomic E-state index is 7.21. The SMILES string of the molecule is COCc1cccnc1C(=N)N.Cl. The number of nitrogens with two attached hydrogens (primary N) is 1. The van der Waals surface area contributed by atoms with Gasteiger partial charge in [0.1, 0.15) is 11.5 Å². The van der Waals surface area contributed by atoms with Crippen molar-refractivity contribution in [3.05, 3.63) is 29.6 Å². The number of aromatic nitrogens is 1. The standard InChI is InChI=1S/C8H11N3O.ClH/c1-12-5-6-3-2-4-11-7(6)8(9)10;/h2-4H,5H2,1H3,(H3,9,10);1H. The molecule has 4 nitrogen and oxygen atoms in total. The van der Waals surface area contributed by atoms with E-state index >= 15 is 0 Å². The smallest absolute Gasteiger partial charge is 0.142 e. The third-order valence-electron chi connectivity index (χ3n) is 1.45. The zero-order chi connectivity index (χ0) is 8.97. The topological polar surface area (TPSA) is 72.0 Å². The van der Waals surface area contributed by atoms with E-state index in [1.165, 1.54) is 0 Å². The Morgan fingerprint density at radius 3 is 2.92 bits per heavy atom. The average Bonchev–Trinajstić information content (AvgIpc) is 2.05. The number of nitrogens with zero attached hydrogens (tertiary/aromatic N) is 1. The Morgan fingerprint density at radius 1 is 1.69 bits per heavy atom. The molecule has 5 heteroatoms. The van der Waals surface area contributed by atoms with Crippen molar-refractivity contribution in [2.45, 2.75) is 6.61 Å². The Balaban J connectivity index is 0.00000144. The number of rotatable bonds is 3. The lowest BCUT2D eigenvalue weighted by atomic mass is 10.2. The van der Waals surface area contributed by atoms with Gasteiger partial charge in [0, 0.05) is 18.9 Å². The second-order valence-electron chi connectivity index (χ2n) is 2.36. The molecule has 3 N–H and O–H groups in total. The summed E-state index contributed by atoms with van der Waals surface area (Å²) in [7, 11) is 1.59. The van der Waals surface area contributed by atoms with Gasteiger partial charge in [0.05, 0.1) is 6.61 Å². The quantitative estimate of drug-likeness (QED) is 0.565. The van der Waals surface area contributed by atoms with Crippen molar-refractivity contribution < 1.29 is 4.74 Å². The van der Waals surface area contributed by atoms with Crippen LogP contribution in [-0.4, -0.2) is 17.9 Å². The molecular weight excluding hydrogens is 190 g/mol. The van der Waals surface area contributed by atoms with Gasteiger partial charge in [0.2, 0.25) is 0 Å². The van der Waals surface area contributed by atoms with Gasteiger partial charge in [-0.15, -0.1) is 12.4 Å². The van der Waals surface area contributed by atoms with Crippen LogP contribution in [0.1, 0.15) is 11.3 Å². The lowest BCUT2D eigenvalue weighted by molar-refractivity contribution is 0.184. The van der Waals surface area contributed by atoms with E-state index in [9.17, 15) is 0 Å². The summed E-state index contributed by atoms with van der Waals surface area (Å²) in [6.45, 7) is 0.433.